The third-order valence-corrected chi connectivity index (χ3v) is 7.01. The van der Waals surface area contributed by atoms with E-state index in [1.807, 2.05) is 37.3 Å². The minimum Gasteiger partial charge on any atom is -0.295 e. The molecule has 2 aromatic carbocycles. The molecular formula is C20H19NO3S. The van der Waals surface area contributed by atoms with Gasteiger partial charge in [0.2, 0.25) is 10.0 Å². The van der Waals surface area contributed by atoms with Gasteiger partial charge in [0.05, 0.1) is 4.90 Å². The van der Waals surface area contributed by atoms with Gasteiger partial charge in [-0.25, -0.2) is 8.42 Å². The molecule has 4 nitrogen and oxygen atoms in total. The summed E-state index contributed by atoms with van der Waals surface area (Å²) in [7, 11) is -3.58. The monoisotopic (exact) mass is 353 g/mol. The highest BCUT2D eigenvalue weighted by molar-refractivity contribution is 7.89. The standard InChI is InChI=1S/C20H19NO3S/c1-15-7-9-19(10-8-15)25(23,24)21-13-17-11-18(22)12-20(17,14-21)16-5-3-2-4-6-16/h2-11H,12-14H2,1H3. The van der Waals surface area contributed by atoms with Gasteiger partial charge in [0.15, 0.2) is 5.78 Å². The molecule has 1 heterocycles. The summed E-state index contributed by atoms with van der Waals surface area (Å²) in [5.74, 6) is 0.0752. The zero-order valence-corrected chi connectivity index (χ0v) is 14.8. The molecule has 128 valence electrons. The number of sulfonamides is 1. The van der Waals surface area contributed by atoms with Crippen LogP contribution in [0.1, 0.15) is 17.5 Å². The van der Waals surface area contributed by atoms with Crippen molar-refractivity contribution in [2.24, 2.45) is 0 Å². The van der Waals surface area contributed by atoms with Gasteiger partial charge in [-0.2, -0.15) is 4.31 Å². The van der Waals surface area contributed by atoms with Gasteiger partial charge in [0.1, 0.15) is 0 Å². The van der Waals surface area contributed by atoms with E-state index in [1.165, 1.54) is 4.31 Å². The van der Waals surface area contributed by atoms with E-state index in [4.69, 9.17) is 0 Å². The first-order valence-electron chi connectivity index (χ1n) is 8.28. The number of aryl methyl sites for hydroxylation is 1. The Kier molecular flexibility index (Phi) is 3.67. The third kappa shape index (κ3) is 2.55. The van der Waals surface area contributed by atoms with Gasteiger partial charge in [0, 0.05) is 24.9 Å². The SMILES string of the molecule is Cc1ccc(S(=O)(=O)N2CC3=CC(=O)CC3(c3ccccc3)C2)cc1. The van der Waals surface area contributed by atoms with Crippen LogP contribution in [0.4, 0.5) is 0 Å². The maximum atomic E-state index is 13.0. The largest absolute Gasteiger partial charge is 0.295 e. The molecule has 2 aromatic rings. The first-order valence-corrected chi connectivity index (χ1v) is 9.72. The fourth-order valence-electron chi connectivity index (χ4n) is 3.86. The van der Waals surface area contributed by atoms with E-state index in [-0.39, 0.29) is 12.3 Å². The Labute approximate surface area is 147 Å². The van der Waals surface area contributed by atoms with E-state index in [2.05, 4.69) is 0 Å². The van der Waals surface area contributed by atoms with E-state index in [9.17, 15) is 13.2 Å². The van der Waals surface area contributed by atoms with Crippen molar-refractivity contribution in [3.05, 3.63) is 77.4 Å². The predicted octanol–water partition coefficient (Wildman–Crippen LogP) is 2.84. The van der Waals surface area contributed by atoms with Gasteiger partial charge in [-0.15, -0.1) is 0 Å². The van der Waals surface area contributed by atoms with Crippen molar-refractivity contribution in [2.45, 2.75) is 23.7 Å². The van der Waals surface area contributed by atoms with Crippen LogP contribution in [0.15, 0.2) is 71.1 Å². The third-order valence-electron chi connectivity index (χ3n) is 5.20. The van der Waals surface area contributed by atoms with Gasteiger partial charge >= 0.3 is 0 Å². The topological polar surface area (TPSA) is 54.5 Å². The molecule has 1 aliphatic heterocycles. The van der Waals surface area contributed by atoms with E-state index in [1.54, 1.807) is 30.3 Å². The number of carbonyl (C=O) groups is 1. The molecule has 1 fully saturated rings. The molecule has 0 amide bonds. The quantitative estimate of drug-likeness (QED) is 0.853. The molecule has 0 saturated carbocycles. The van der Waals surface area contributed by atoms with Crippen LogP contribution < -0.4 is 0 Å². The van der Waals surface area contributed by atoms with Crippen molar-refractivity contribution in [3.8, 4) is 0 Å². The van der Waals surface area contributed by atoms with E-state index >= 15 is 0 Å². The van der Waals surface area contributed by atoms with Crippen molar-refractivity contribution in [1.29, 1.82) is 0 Å². The lowest BCUT2D eigenvalue weighted by Crippen LogP contribution is -2.35. The number of fused-ring (bicyclic) bond motifs is 1. The number of allylic oxidation sites excluding steroid dienone is 1. The molecule has 2 aliphatic rings. The first kappa shape index (κ1) is 16.2. The van der Waals surface area contributed by atoms with Crippen LogP contribution in [-0.4, -0.2) is 31.6 Å². The summed E-state index contributed by atoms with van der Waals surface area (Å²) in [4.78, 5) is 12.4. The number of hydrogen-bond acceptors (Lipinski definition) is 3. The van der Waals surface area contributed by atoms with Crippen LogP contribution in [-0.2, 0) is 20.2 Å². The minimum atomic E-state index is -3.58. The lowest BCUT2D eigenvalue weighted by atomic mass is 9.77. The number of rotatable bonds is 3. The summed E-state index contributed by atoms with van der Waals surface area (Å²) in [5.41, 5.74) is 2.41. The average molecular weight is 353 g/mol. The van der Waals surface area contributed by atoms with Gasteiger partial charge in [-0.3, -0.25) is 4.79 Å². The van der Waals surface area contributed by atoms with Crippen LogP contribution in [0.25, 0.3) is 0 Å². The van der Waals surface area contributed by atoms with Crippen molar-refractivity contribution < 1.29 is 13.2 Å². The van der Waals surface area contributed by atoms with Crippen LogP contribution >= 0.6 is 0 Å². The number of hydrogen-bond donors (Lipinski definition) is 0. The Balaban J connectivity index is 1.75. The molecule has 5 heteroatoms. The second-order valence-corrected chi connectivity index (χ2v) is 8.78. The Morgan fingerprint density at radius 1 is 1.00 bits per heavy atom. The maximum Gasteiger partial charge on any atom is 0.243 e. The van der Waals surface area contributed by atoms with E-state index in [0.717, 1.165) is 16.7 Å². The molecule has 25 heavy (non-hydrogen) atoms. The molecule has 0 N–H and O–H groups in total. The zero-order valence-electron chi connectivity index (χ0n) is 14.0. The number of ketones is 1. The Morgan fingerprint density at radius 2 is 1.68 bits per heavy atom. The van der Waals surface area contributed by atoms with Crippen molar-refractivity contribution >= 4 is 15.8 Å². The molecule has 0 spiro atoms. The normalized spacial score (nSPS) is 23.6. The van der Waals surface area contributed by atoms with Crippen molar-refractivity contribution in [2.75, 3.05) is 13.1 Å². The Hall–Kier alpha value is -2.24. The smallest absolute Gasteiger partial charge is 0.243 e. The van der Waals surface area contributed by atoms with E-state index < -0.39 is 15.4 Å². The molecule has 1 saturated heterocycles. The molecule has 1 aliphatic carbocycles. The summed E-state index contributed by atoms with van der Waals surface area (Å²) < 4.78 is 27.6. The molecule has 4 rings (SSSR count). The molecule has 0 radical (unpaired) electrons. The van der Waals surface area contributed by atoms with Crippen LogP contribution in [0.5, 0.6) is 0 Å². The average Bonchev–Trinajstić information content (AvgIpc) is 3.10. The summed E-state index contributed by atoms with van der Waals surface area (Å²) in [5, 5.41) is 0. The Morgan fingerprint density at radius 3 is 2.36 bits per heavy atom. The fraction of sp³-hybridized carbons (Fsp3) is 0.250. The second kappa shape index (κ2) is 5.64. The van der Waals surface area contributed by atoms with Gasteiger partial charge in [0.25, 0.3) is 0 Å². The molecule has 1 unspecified atom stereocenters. The second-order valence-electron chi connectivity index (χ2n) is 6.85. The molecule has 0 bridgehead atoms. The number of benzene rings is 2. The summed E-state index contributed by atoms with van der Waals surface area (Å²) in [6.07, 6.45) is 1.98. The minimum absolute atomic E-state index is 0.0752. The molecule has 1 atom stereocenters. The lowest BCUT2D eigenvalue weighted by Gasteiger charge is -2.27. The zero-order chi connectivity index (χ0) is 17.7. The van der Waals surface area contributed by atoms with Gasteiger partial charge in [-0.05, 0) is 36.3 Å². The van der Waals surface area contributed by atoms with Crippen LogP contribution in [0, 0.1) is 6.92 Å². The van der Waals surface area contributed by atoms with Gasteiger partial charge in [-0.1, -0.05) is 48.0 Å². The summed E-state index contributed by atoms with van der Waals surface area (Å²) >= 11 is 0. The number of nitrogens with zero attached hydrogens (tertiary/aromatic N) is 1. The van der Waals surface area contributed by atoms with E-state index in [0.29, 0.717) is 17.9 Å². The summed E-state index contributed by atoms with van der Waals surface area (Å²) in [6.45, 7) is 2.51. The highest BCUT2D eigenvalue weighted by atomic mass is 32.2. The number of carbonyl (C=O) groups excluding carboxylic acids is 1. The highest BCUT2D eigenvalue weighted by Gasteiger charge is 2.51. The van der Waals surface area contributed by atoms with Crippen LogP contribution in [0.2, 0.25) is 0 Å². The first-order chi connectivity index (χ1) is 11.9. The van der Waals surface area contributed by atoms with Crippen molar-refractivity contribution in [1.82, 2.24) is 4.31 Å². The van der Waals surface area contributed by atoms with Crippen molar-refractivity contribution in [3.63, 3.8) is 0 Å². The highest BCUT2D eigenvalue weighted by Crippen LogP contribution is 2.47. The Bertz CT molecular complexity index is 962. The fourth-order valence-corrected chi connectivity index (χ4v) is 5.34. The maximum absolute atomic E-state index is 13.0. The van der Waals surface area contributed by atoms with Crippen LogP contribution in [0.3, 0.4) is 0 Å². The summed E-state index contributed by atoms with van der Waals surface area (Å²) in [6, 6.07) is 16.7. The molecular weight excluding hydrogens is 334 g/mol. The predicted molar refractivity (Wildman–Crippen MR) is 95.8 cm³/mol. The van der Waals surface area contributed by atoms with Gasteiger partial charge < -0.3 is 0 Å². The molecule has 0 aromatic heterocycles. The lowest BCUT2D eigenvalue weighted by molar-refractivity contribution is -0.114.